The number of hydrogen-bond donors (Lipinski definition) is 1. The molecule has 0 spiro atoms. The van der Waals surface area contributed by atoms with Gasteiger partial charge in [-0.15, -0.1) is 0 Å². The van der Waals surface area contributed by atoms with Gasteiger partial charge in [-0.25, -0.2) is 0 Å². The van der Waals surface area contributed by atoms with E-state index < -0.39 is 0 Å². The fourth-order valence-electron chi connectivity index (χ4n) is 3.91. The minimum absolute atomic E-state index is 0.0728. The SMILES string of the molecule is CCN(CCCN(C)C)C(=O)C1CCC2CCCCC2N1. The standard InChI is InChI=1S/C17H33N3O/c1-4-20(13-7-12-19(2)3)17(21)16-11-10-14-8-5-6-9-15(14)18-16/h14-16,18H,4-13H2,1-3H3. The number of carbonyl (C=O) groups is 1. The summed E-state index contributed by atoms with van der Waals surface area (Å²) in [7, 11) is 4.17. The number of piperidine rings is 1. The van der Waals surface area contributed by atoms with Gasteiger partial charge in [0.05, 0.1) is 6.04 Å². The van der Waals surface area contributed by atoms with Gasteiger partial charge in [-0.2, -0.15) is 0 Å². The van der Waals surface area contributed by atoms with Crippen molar-refractivity contribution in [3.63, 3.8) is 0 Å². The number of nitrogens with zero attached hydrogens (tertiary/aromatic N) is 2. The molecule has 1 saturated heterocycles. The van der Waals surface area contributed by atoms with E-state index in [1.807, 2.05) is 4.90 Å². The van der Waals surface area contributed by atoms with E-state index in [-0.39, 0.29) is 6.04 Å². The average molecular weight is 295 g/mol. The Morgan fingerprint density at radius 3 is 2.57 bits per heavy atom. The molecule has 122 valence electrons. The van der Waals surface area contributed by atoms with E-state index >= 15 is 0 Å². The molecule has 0 aromatic carbocycles. The van der Waals surface area contributed by atoms with Crippen LogP contribution in [0.2, 0.25) is 0 Å². The van der Waals surface area contributed by atoms with Crippen molar-refractivity contribution < 1.29 is 4.79 Å². The monoisotopic (exact) mass is 295 g/mol. The summed E-state index contributed by atoms with van der Waals surface area (Å²) in [5, 5.41) is 3.67. The predicted molar refractivity (Wildman–Crippen MR) is 87.3 cm³/mol. The second-order valence-electron chi connectivity index (χ2n) is 7.02. The highest BCUT2D eigenvalue weighted by Crippen LogP contribution is 2.32. The van der Waals surface area contributed by atoms with Crippen molar-refractivity contribution in [2.24, 2.45) is 5.92 Å². The van der Waals surface area contributed by atoms with E-state index in [0.717, 1.165) is 38.4 Å². The number of likely N-dealkylation sites (N-methyl/N-ethyl adjacent to an activating group) is 1. The predicted octanol–water partition coefficient (Wildman–Crippen LogP) is 2.10. The van der Waals surface area contributed by atoms with Gasteiger partial charge in [0.1, 0.15) is 0 Å². The van der Waals surface area contributed by atoms with Gasteiger partial charge < -0.3 is 15.1 Å². The van der Waals surface area contributed by atoms with Gasteiger partial charge in [-0.3, -0.25) is 4.79 Å². The van der Waals surface area contributed by atoms with Crippen LogP contribution < -0.4 is 5.32 Å². The Morgan fingerprint density at radius 1 is 1.10 bits per heavy atom. The number of carbonyl (C=O) groups excluding carboxylic acids is 1. The quantitative estimate of drug-likeness (QED) is 0.815. The summed E-state index contributed by atoms with van der Waals surface area (Å²) in [6.45, 7) is 4.87. The van der Waals surface area contributed by atoms with Gasteiger partial charge in [-0.05, 0) is 65.6 Å². The minimum Gasteiger partial charge on any atom is -0.342 e. The van der Waals surface area contributed by atoms with Crippen LogP contribution in [0.3, 0.4) is 0 Å². The number of rotatable bonds is 6. The third-order valence-electron chi connectivity index (χ3n) is 5.18. The molecule has 3 atom stereocenters. The number of amides is 1. The van der Waals surface area contributed by atoms with Crippen LogP contribution in [0.25, 0.3) is 0 Å². The summed E-state index contributed by atoms with van der Waals surface area (Å²) in [4.78, 5) is 17.0. The van der Waals surface area contributed by atoms with Crippen molar-refractivity contribution in [3.8, 4) is 0 Å². The van der Waals surface area contributed by atoms with Crippen LogP contribution in [0.5, 0.6) is 0 Å². The molecule has 2 aliphatic rings. The summed E-state index contributed by atoms with van der Waals surface area (Å²) < 4.78 is 0. The number of hydrogen-bond acceptors (Lipinski definition) is 3. The maximum atomic E-state index is 12.7. The normalized spacial score (nSPS) is 29.2. The summed E-state index contributed by atoms with van der Waals surface area (Å²) in [6, 6.07) is 0.672. The van der Waals surface area contributed by atoms with Gasteiger partial charge in [0.15, 0.2) is 0 Å². The third-order valence-corrected chi connectivity index (χ3v) is 5.18. The summed E-state index contributed by atoms with van der Waals surface area (Å²) >= 11 is 0. The zero-order valence-electron chi connectivity index (χ0n) is 14.1. The number of nitrogens with one attached hydrogen (secondary N) is 1. The Kier molecular flexibility index (Phi) is 6.49. The Labute approximate surface area is 130 Å². The molecule has 2 fully saturated rings. The highest BCUT2D eigenvalue weighted by molar-refractivity contribution is 5.82. The van der Waals surface area contributed by atoms with Crippen molar-refractivity contribution in [2.45, 2.75) is 64.0 Å². The first-order valence-electron chi connectivity index (χ1n) is 8.81. The molecule has 3 unspecified atom stereocenters. The second kappa shape index (κ2) is 8.14. The molecule has 1 aliphatic carbocycles. The van der Waals surface area contributed by atoms with Crippen LogP contribution in [-0.4, -0.2) is 61.5 Å². The van der Waals surface area contributed by atoms with Crippen LogP contribution in [0.15, 0.2) is 0 Å². The molecule has 0 radical (unpaired) electrons. The molecule has 1 amide bonds. The molecule has 21 heavy (non-hydrogen) atoms. The van der Waals surface area contributed by atoms with Crippen LogP contribution in [-0.2, 0) is 4.79 Å². The molecule has 0 bridgehead atoms. The van der Waals surface area contributed by atoms with E-state index in [1.54, 1.807) is 0 Å². The van der Waals surface area contributed by atoms with Gasteiger partial charge in [-0.1, -0.05) is 12.8 Å². The van der Waals surface area contributed by atoms with Crippen molar-refractivity contribution >= 4 is 5.91 Å². The number of fused-ring (bicyclic) bond motifs is 1. The highest BCUT2D eigenvalue weighted by Gasteiger charge is 2.35. The molecule has 2 rings (SSSR count). The van der Waals surface area contributed by atoms with E-state index in [1.165, 1.54) is 32.1 Å². The molecular weight excluding hydrogens is 262 g/mol. The van der Waals surface area contributed by atoms with Crippen LogP contribution in [0.1, 0.15) is 51.9 Å². The molecular formula is C17H33N3O. The van der Waals surface area contributed by atoms with Crippen LogP contribution in [0, 0.1) is 5.92 Å². The smallest absolute Gasteiger partial charge is 0.239 e. The Hall–Kier alpha value is -0.610. The lowest BCUT2D eigenvalue weighted by atomic mass is 9.77. The average Bonchev–Trinajstić information content (AvgIpc) is 2.50. The third kappa shape index (κ3) is 4.68. The minimum atomic E-state index is 0.0728. The van der Waals surface area contributed by atoms with Gasteiger partial charge in [0.2, 0.25) is 5.91 Å². The lowest BCUT2D eigenvalue weighted by molar-refractivity contribution is -0.134. The Balaban J connectivity index is 1.82. The lowest BCUT2D eigenvalue weighted by Gasteiger charge is -2.41. The highest BCUT2D eigenvalue weighted by atomic mass is 16.2. The molecule has 1 saturated carbocycles. The van der Waals surface area contributed by atoms with Gasteiger partial charge >= 0.3 is 0 Å². The Bertz CT molecular complexity index is 332. The molecule has 0 aromatic heterocycles. The van der Waals surface area contributed by atoms with E-state index in [2.05, 4.69) is 31.2 Å². The Morgan fingerprint density at radius 2 is 1.86 bits per heavy atom. The van der Waals surface area contributed by atoms with Crippen LogP contribution >= 0.6 is 0 Å². The second-order valence-corrected chi connectivity index (χ2v) is 7.02. The largest absolute Gasteiger partial charge is 0.342 e. The first-order valence-corrected chi connectivity index (χ1v) is 8.81. The summed E-state index contributed by atoms with van der Waals surface area (Å²) in [5.74, 6) is 1.16. The lowest BCUT2D eigenvalue weighted by Crippen LogP contribution is -2.55. The first-order chi connectivity index (χ1) is 10.1. The van der Waals surface area contributed by atoms with Crippen molar-refractivity contribution in [2.75, 3.05) is 33.7 Å². The van der Waals surface area contributed by atoms with E-state index in [9.17, 15) is 4.79 Å². The fourth-order valence-corrected chi connectivity index (χ4v) is 3.91. The van der Waals surface area contributed by atoms with Crippen LogP contribution in [0.4, 0.5) is 0 Å². The van der Waals surface area contributed by atoms with Crippen molar-refractivity contribution in [3.05, 3.63) is 0 Å². The van der Waals surface area contributed by atoms with Crippen molar-refractivity contribution in [1.82, 2.24) is 15.1 Å². The summed E-state index contributed by atoms with van der Waals surface area (Å²) in [5.41, 5.74) is 0. The maximum Gasteiger partial charge on any atom is 0.239 e. The molecule has 4 nitrogen and oxygen atoms in total. The molecule has 0 aromatic rings. The summed E-state index contributed by atoms with van der Waals surface area (Å²) in [6.07, 6.45) is 8.67. The van der Waals surface area contributed by atoms with Gasteiger partial charge in [0, 0.05) is 19.1 Å². The van der Waals surface area contributed by atoms with E-state index in [0.29, 0.717) is 11.9 Å². The van der Waals surface area contributed by atoms with E-state index in [4.69, 9.17) is 0 Å². The maximum absolute atomic E-state index is 12.7. The fraction of sp³-hybridized carbons (Fsp3) is 0.941. The zero-order valence-corrected chi connectivity index (χ0v) is 14.1. The van der Waals surface area contributed by atoms with Gasteiger partial charge in [0.25, 0.3) is 0 Å². The molecule has 1 heterocycles. The molecule has 1 N–H and O–H groups in total. The molecule has 1 aliphatic heterocycles. The molecule has 4 heteroatoms. The topological polar surface area (TPSA) is 35.6 Å². The van der Waals surface area contributed by atoms with Crippen molar-refractivity contribution in [1.29, 1.82) is 0 Å². The first kappa shape index (κ1) is 16.8. The zero-order chi connectivity index (χ0) is 15.2.